The summed E-state index contributed by atoms with van der Waals surface area (Å²) in [5, 5.41) is 13.7. The third-order valence-electron chi connectivity index (χ3n) is 1.54. The number of hydrogen-bond donors (Lipinski definition) is 5. The minimum absolute atomic E-state index is 0.205. The molecule has 0 saturated carbocycles. The van der Waals surface area contributed by atoms with Gasteiger partial charge in [-0.05, 0) is 0 Å². The van der Waals surface area contributed by atoms with Crippen molar-refractivity contribution in [1.29, 1.82) is 0 Å². The largest absolute Gasteiger partial charge is 0.368 e. The van der Waals surface area contributed by atoms with Crippen molar-refractivity contribution in [3.8, 4) is 0 Å². The van der Waals surface area contributed by atoms with Crippen molar-refractivity contribution in [2.75, 3.05) is 5.32 Å². The summed E-state index contributed by atoms with van der Waals surface area (Å²) in [5.41, 5.74) is -0.234. The molecular weight excluding hydrogens is 164 g/mol. The quantitative estimate of drug-likeness (QED) is 0.338. The highest BCUT2D eigenvalue weighted by atomic mass is 16.3. The number of H-pyrrole nitrogens is 2. The first-order valence-corrected chi connectivity index (χ1v) is 3.24. The van der Waals surface area contributed by atoms with E-state index in [-0.39, 0.29) is 11.5 Å². The number of anilines is 1. The lowest BCUT2D eigenvalue weighted by molar-refractivity contribution is 0.140. The van der Waals surface area contributed by atoms with Crippen LogP contribution in [0.5, 0.6) is 0 Å². The van der Waals surface area contributed by atoms with Gasteiger partial charge >= 0.3 is 11.7 Å². The molecule has 1 aromatic rings. The number of aromatic amines is 2. The molecule has 7 heteroatoms. The van der Waals surface area contributed by atoms with Crippen molar-refractivity contribution < 1.29 is 9.90 Å². The lowest BCUT2D eigenvalue weighted by Crippen LogP contribution is -2.37. The molecule has 64 valence electrons. The van der Waals surface area contributed by atoms with E-state index in [4.69, 9.17) is 0 Å². The average Bonchev–Trinajstić information content (AvgIpc) is 2.29. The van der Waals surface area contributed by atoms with Crippen LogP contribution in [0.4, 0.5) is 10.6 Å². The van der Waals surface area contributed by atoms with Crippen LogP contribution in [0.2, 0.25) is 0 Å². The molecule has 1 aromatic heterocycles. The van der Waals surface area contributed by atoms with Crippen molar-refractivity contribution in [3.63, 3.8) is 0 Å². The minimum Gasteiger partial charge on any atom is -0.368 e. The number of nitrogens with one attached hydrogen (secondary N) is 4. The molecule has 2 rings (SSSR count). The molecule has 1 atom stereocenters. The molecule has 0 radical (unpaired) electrons. The maximum Gasteiger partial charge on any atom is 0.324 e. The number of carbonyl (C=O) groups excluding carboxylic acids is 1. The topological polar surface area (TPSA) is 110 Å². The monoisotopic (exact) mass is 170 g/mol. The van der Waals surface area contributed by atoms with Gasteiger partial charge in [-0.2, -0.15) is 0 Å². The molecule has 0 fully saturated rings. The van der Waals surface area contributed by atoms with Crippen molar-refractivity contribution in [3.05, 3.63) is 16.2 Å². The number of imidazole rings is 1. The van der Waals surface area contributed by atoms with Gasteiger partial charge in [-0.15, -0.1) is 0 Å². The molecule has 5 N–H and O–H groups in total. The van der Waals surface area contributed by atoms with Gasteiger partial charge in [0.2, 0.25) is 0 Å². The SMILES string of the molecule is O=C1Nc2[nH]c(=O)[nH]c2C(O)N1. The molecule has 2 heterocycles. The van der Waals surface area contributed by atoms with Crippen LogP contribution in [0.1, 0.15) is 11.9 Å². The van der Waals surface area contributed by atoms with Gasteiger partial charge in [0.15, 0.2) is 6.23 Å². The molecule has 7 nitrogen and oxygen atoms in total. The van der Waals surface area contributed by atoms with Gasteiger partial charge in [-0.25, -0.2) is 9.59 Å². The molecule has 1 aliphatic rings. The van der Waals surface area contributed by atoms with Crippen molar-refractivity contribution in [2.45, 2.75) is 6.23 Å². The Bertz CT molecular complexity index is 378. The van der Waals surface area contributed by atoms with Gasteiger partial charge in [-0.3, -0.25) is 10.3 Å². The number of aliphatic hydroxyl groups is 1. The van der Waals surface area contributed by atoms with E-state index in [0.29, 0.717) is 0 Å². The standard InChI is InChI=1S/C5H6N4O3/c10-3-1-2(7-4(11)6-1)8-5(12)9-3/h3,10H,(H2,6,7,11)(H2,8,9,12). The zero-order valence-electron chi connectivity index (χ0n) is 5.84. The fraction of sp³-hybridized carbons (Fsp3) is 0.200. The van der Waals surface area contributed by atoms with Gasteiger partial charge in [-0.1, -0.05) is 0 Å². The summed E-state index contributed by atoms with van der Waals surface area (Å²) >= 11 is 0. The Morgan fingerprint density at radius 2 is 2.00 bits per heavy atom. The van der Waals surface area contributed by atoms with E-state index in [1.807, 2.05) is 0 Å². The van der Waals surface area contributed by atoms with Crippen LogP contribution in [0, 0.1) is 0 Å². The highest BCUT2D eigenvalue weighted by Crippen LogP contribution is 2.18. The van der Waals surface area contributed by atoms with E-state index in [9.17, 15) is 14.7 Å². The summed E-state index contributed by atoms with van der Waals surface area (Å²) in [4.78, 5) is 26.1. The average molecular weight is 170 g/mol. The first kappa shape index (κ1) is 6.92. The van der Waals surface area contributed by atoms with Gasteiger partial charge < -0.3 is 15.4 Å². The zero-order valence-corrected chi connectivity index (χ0v) is 5.84. The van der Waals surface area contributed by atoms with Crippen molar-refractivity contribution in [1.82, 2.24) is 15.3 Å². The van der Waals surface area contributed by atoms with Gasteiger partial charge in [0.1, 0.15) is 11.5 Å². The predicted molar refractivity (Wildman–Crippen MR) is 38.5 cm³/mol. The molecule has 0 spiro atoms. The van der Waals surface area contributed by atoms with E-state index in [2.05, 4.69) is 20.6 Å². The molecule has 1 unspecified atom stereocenters. The summed E-state index contributed by atoms with van der Waals surface area (Å²) < 4.78 is 0. The van der Waals surface area contributed by atoms with Gasteiger partial charge in [0.05, 0.1) is 0 Å². The number of hydrogen-bond acceptors (Lipinski definition) is 3. The second-order valence-corrected chi connectivity index (χ2v) is 2.37. The lowest BCUT2D eigenvalue weighted by atomic mass is 10.3. The van der Waals surface area contributed by atoms with Crippen LogP contribution in [0.3, 0.4) is 0 Å². The molecule has 0 aliphatic carbocycles. The Labute approximate surface area is 65.8 Å². The number of fused-ring (bicyclic) bond motifs is 1. The Hall–Kier alpha value is -1.76. The normalized spacial score (nSPS) is 21.1. The molecule has 2 amide bonds. The van der Waals surface area contributed by atoms with Crippen LogP contribution < -0.4 is 16.3 Å². The Morgan fingerprint density at radius 1 is 1.25 bits per heavy atom. The van der Waals surface area contributed by atoms with Crippen molar-refractivity contribution >= 4 is 11.8 Å². The summed E-state index contributed by atoms with van der Waals surface area (Å²) in [5.74, 6) is 0.205. The van der Waals surface area contributed by atoms with E-state index in [0.717, 1.165) is 0 Å². The number of aromatic nitrogens is 2. The van der Waals surface area contributed by atoms with Crippen LogP contribution >= 0.6 is 0 Å². The fourth-order valence-corrected chi connectivity index (χ4v) is 1.05. The Morgan fingerprint density at radius 3 is 2.75 bits per heavy atom. The first-order chi connectivity index (χ1) is 5.66. The highest BCUT2D eigenvalue weighted by Gasteiger charge is 2.24. The number of aliphatic hydroxyl groups excluding tert-OH is 1. The smallest absolute Gasteiger partial charge is 0.324 e. The molecule has 1 aliphatic heterocycles. The highest BCUT2D eigenvalue weighted by molar-refractivity contribution is 5.91. The summed E-state index contributed by atoms with van der Waals surface area (Å²) in [6, 6.07) is -0.551. The fourth-order valence-electron chi connectivity index (χ4n) is 1.05. The zero-order chi connectivity index (χ0) is 8.72. The second kappa shape index (κ2) is 2.11. The van der Waals surface area contributed by atoms with E-state index < -0.39 is 17.9 Å². The van der Waals surface area contributed by atoms with E-state index in [1.54, 1.807) is 0 Å². The number of amides is 2. The molecule has 0 aromatic carbocycles. The van der Waals surface area contributed by atoms with E-state index >= 15 is 0 Å². The molecular formula is C5H6N4O3. The molecule has 0 bridgehead atoms. The summed E-state index contributed by atoms with van der Waals surface area (Å²) in [6.07, 6.45) is -1.16. The molecule has 12 heavy (non-hydrogen) atoms. The second-order valence-electron chi connectivity index (χ2n) is 2.37. The van der Waals surface area contributed by atoms with E-state index in [1.165, 1.54) is 0 Å². The number of carbonyl (C=O) groups is 1. The molecule has 0 saturated heterocycles. The van der Waals surface area contributed by atoms with Gasteiger partial charge in [0.25, 0.3) is 0 Å². The summed E-state index contributed by atoms with van der Waals surface area (Å²) in [7, 11) is 0. The minimum atomic E-state index is -1.16. The maximum absolute atomic E-state index is 10.7. The Balaban J connectivity index is 2.53. The van der Waals surface area contributed by atoms with Crippen LogP contribution in [0.15, 0.2) is 4.79 Å². The van der Waals surface area contributed by atoms with Crippen LogP contribution in [0.25, 0.3) is 0 Å². The first-order valence-electron chi connectivity index (χ1n) is 3.24. The van der Waals surface area contributed by atoms with Crippen molar-refractivity contribution in [2.24, 2.45) is 0 Å². The third-order valence-corrected chi connectivity index (χ3v) is 1.54. The van der Waals surface area contributed by atoms with Crippen LogP contribution in [-0.2, 0) is 0 Å². The number of rotatable bonds is 0. The summed E-state index contributed by atoms with van der Waals surface area (Å²) in [6.45, 7) is 0. The lowest BCUT2D eigenvalue weighted by Gasteiger charge is -2.18. The maximum atomic E-state index is 10.7. The number of urea groups is 1. The van der Waals surface area contributed by atoms with Gasteiger partial charge in [0, 0.05) is 0 Å². The van der Waals surface area contributed by atoms with Crippen LogP contribution in [-0.4, -0.2) is 21.1 Å². The Kier molecular flexibility index (Phi) is 1.22. The predicted octanol–water partition coefficient (Wildman–Crippen LogP) is -1.17. The third kappa shape index (κ3) is 0.873.